The number of esters is 1. The first-order chi connectivity index (χ1) is 13.0. The Hall–Kier alpha value is -2.32. The maximum absolute atomic E-state index is 12.0. The third kappa shape index (κ3) is 9.05. The van der Waals surface area contributed by atoms with E-state index in [2.05, 4.69) is 5.32 Å². The van der Waals surface area contributed by atoms with Gasteiger partial charge in [0.25, 0.3) is 0 Å². The van der Waals surface area contributed by atoms with Gasteiger partial charge in [0.15, 0.2) is 0 Å². The van der Waals surface area contributed by atoms with Crippen molar-refractivity contribution in [2.75, 3.05) is 0 Å². The largest absolute Gasteiger partial charge is 0.480 e. The monoisotopic (exact) mass is 414 g/mol. The minimum absolute atomic E-state index is 0.0819. The van der Waals surface area contributed by atoms with Crippen LogP contribution in [0.5, 0.6) is 0 Å². The zero-order valence-electron chi connectivity index (χ0n) is 16.2. The average molecular weight is 415 g/mol. The number of aliphatic carboxylic acids is 1. The Bertz CT molecular complexity index is 662. The van der Waals surface area contributed by atoms with Gasteiger partial charge < -0.3 is 25.6 Å². The van der Waals surface area contributed by atoms with Gasteiger partial charge in [-0.25, -0.2) is 9.59 Å². The van der Waals surface area contributed by atoms with E-state index in [1.54, 1.807) is 45.0 Å². The summed E-state index contributed by atoms with van der Waals surface area (Å²) in [6.07, 6.45) is -0.284. The van der Waals surface area contributed by atoms with Crippen LogP contribution in [0.4, 0.5) is 4.79 Å². The minimum Gasteiger partial charge on any atom is -0.480 e. The lowest BCUT2D eigenvalue weighted by Crippen LogP contribution is -2.43. The molecule has 0 saturated carbocycles. The lowest BCUT2D eigenvalue weighted by Gasteiger charge is -2.22. The third-order valence-corrected chi connectivity index (χ3v) is 3.92. The predicted octanol–water partition coefficient (Wildman–Crippen LogP) is 2.94. The van der Waals surface area contributed by atoms with Crippen molar-refractivity contribution in [3.05, 3.63) is 35.9 Å². The second-order valence-corrected chi connectivity index (χ2v) is 7.63. The maximum atomic E-state index is 12.0. The number of carboxylic acid groups (broad SMARTS) is 1. The minimum atomic E-state index is -1.20. The number of amides is 1. The Kier molecular flexibility index (Phi) is 9.21. The van der Waals surface area contributed by atoms with E-state index >= 15 is 0 Å². The quantitative estimate of drug-likeness (QED) is 0.418. The molecule has 1 rings (SSSR count). The van der Waals surface area contributed by atoms with Gasteiger partial charge in [-0.3, -0.25) is 4.79 Å². The van der Waals surface area contributed by atoms with Crippen LogP contribution in [-0.2, 0) is 19.1 Å². The molecule has 1 aromatic carbocycles. The Morgan fingerprint density at radius 3 is 2.32 bits per heavy atom. The molecule has 0 spiro atoms. The van der Waals surface area contributed by atoms with Crippen LogP contribution in [0.25, 0.3) is 0 Å². The molecule has 0 saturated heterocycles. The second-order valence-electron chi connectivity index (χ2n) is 7.24. The topological polar surface area (TPSA) is 128 Å². The van der Waals surface area contributed by atoms with Crippen LogP contribution in [-0.4, -0.2) is 40.8 Å². The molecule has 9 heteroatoms. The summed E-state index contributed by atoms with van der Waals surface area (Å²) in [5.41, 5.74) is 4.72. The Labute approximate surface area is 169 Å². The van der Waals surface area contributed by atoms with Gasteiger partial charge in [-0.05, 0) is 40.0 Å². The van der Waals surface area contributed by atoms with Crippen LogP contribution < -0.4 is 11.1 Å². The van der Waals surface area contributed by atoms with Crippen molar-refractivity contribution in [1.82, 2.24) is 5.32 Å². The highest BCUT2D eigenvalue weighted by molar-refractivity contribution is 6.20. The molecule has 2 unspecified atom stereocenters. The molecule has 0 aromatic heterocycles. The van der Waals surface area contributed by atoms with E-state index in [-0.39, 0.29) is 19.3 Å². The normalized spacial score (nSPS) is 14.5. The van der Waals surface area contributed by atoms with E-state index in [4.69, 9.17) is 26.8 Å². The fourth-order valence-electron chi connectivity index (χ4n) is 2.23. The highest BCUT2D eigenvalue weighted by Crippen LogP contribution is 2.22. The van der Waals surface area contributed by atoms with Gasteiger partial charge in [0, 0.05) is 5.56 Å². The third-order valence-electron chi connectivity index (χ3n) is 3.58. The summed E-state index contributed by atoms with van der Waals surface area (Å²) < 4.78 is 10.2. The van der Waals surface area contributed by atoms with Crippen LogP contribution in [0.3, 0.4) is 0 Å². The SMILES string of the molecule is CC(C)(C)OC(=O)N[C@@H](CCCC(N)C(=O)OC(Cl)c1ccccc1)C(=O)O. The summed E-state index contributed by atoms with van der Waals surface area (Å²) in [7, 11) is 0. The number of hydrogen-bond donors (Lipinski definition) is 3. The fourth-order valence-corrected chi connectivity index (χ4v) is 2.46. The lowest BCUT2D eigenvalue weighted by atomic mass is 10.1. The number of benzene rings is 1. The number of alkyl carbamates (subject to hydrolysis) is 1. The van der Waals surface area contributed by atoms with Gasteiger partial charge in [0.2, 0.25) is 5.56 Å². The first-order valence-corrected chi connectivity index (χ1v) is 9.30. The molecule has 0 aliphatic heterocycles. The van der Waals surface area contributed by atoms with Crippen molar-refractivity contribution in [2.24, 2.45) is 5.73 Å². The summed E-state index contributed by atoms with van der Waals surface area (Å²) in [4.78, 5) is 35.1. The first-order valence-electron chi connectivity index (χ1n) is 8.87. The number of hydrogen-bond acceptors (Lipinski definition) is 6. The molecule has 4 N–H and O–H groups in total. The van der Waals surface area contributed by atoms with Crippen LogP contribution in [0, 0.1) is 0 Å². The number of nitrogens with one attached hydrogen (secondary N) is 1. The molecular formula is C19H27ClN2O6. The van der Waals surface area contributed by atoms with Gasteiger partial charge in [0.1, 0.15) is 17.7 Å². The lowest BCUT2D eigenvalue weighted by molar-refractivity contribution is -0.147. The van der Waals surface area contributed by atoms with Gasteiger partial charge in [-0.2, -0.15) is 0 Å². The molecule has 0 aliphatic carbocycles. The zero-order valence-corrected chi connectivity index (χ0v) is 16.9. The molecule has 0 heterocycles. The summed E-state index contributed by atoms with van der Waals surface area (Å²) in [5, 5.41) is 11.5. The van der Waals surface area contributed by atoms with E-state index in [1.807, 2.05) is 6.07 Å². The second kappa shape index (κ2) is 10.9. The summed E-state index contributed by atoms with van der Waals surface area (Å²) in [6, 6.07) is 6.67. The zero-order chi connectivity index (χ0) is 21.3. The van der Waals surface area contributed by atoms with Crippen LogP contribution in [0.15, 0.2) is 30.3 Å². The van der Waals surface area contributed by atoms with E-state index < -0.39 is 41.3 Å². The first kappa shape index (κ1) is 23.7. The molecule has 0 fully saturated rings. The standard InChI is InChI=1S/C19H27ClN2O6/c1-19(2,3)28-18(26)22-14(16(23)24)11-7-10-13(21)17(25)27-15(20)12-8-5-4-6-9-12/h4-6,8-9,13-15H,7,10-11,21H2,1-3H3,(H,22,26)(H,23,24)/t13?,14-,15?/m0/s1. The van der Waals surface area contributed by atoms with E-state index in [9.17, 15) is 19.5 Å². The van der Waals surface area contributed by atoms with Crippen LogP contribution in [0.2, 0.25) is 0 Å². The van der Waals surface area contributed by atoms with Crippen molar-refractivity contribution in [2.45, 2.75) is 63.3 Å². The number of rotatable bonds is 9. The molecule has 0 bridgehead atoms. The van der Waals surface area contributed by atoms with Gasteiger partial charge >= 0.3 is 18.0 Å². The molecular weight excluding hydrogens is 388 g/mol. The van der Waals surface area contributed by atoms with E-state index in [1.165, 1.54) is 0 Å². The van der Waals surface area contributed by atoms with E-state index in [0.29, 0.717) is 5.56 Å². The number of carbonyl (C=O) groups excluding carboxylic acids is 2. The predicted molar refractivity (Wildman–Crippen MR) is 104 cm³/mol. The number of carbonyl (C=O) groups is 3. The number of carboxylic acids is 1. The van der Waals surface area contributed by atoms with Crippen LogP contribution >= 0.6 is 11.6 Å². The Morgan fingerprint density at radius 1 is 1.18 bits per heavy atom. The molecule has 0 radical (unpaired) electrons. The molecule has 1 amide bonds. The van der Waals surface area contributed by atoms with Crippen molar-refractivity contribution >= 4 is 29.6 Å². The van der Waals surface area contributed by atoms with Crippen LogP contribution in [0.1, 0.15) is 51.2 Å². The van der Waals surface area contributed by atoms with Crippen molar-refractivity contribution < 1.29 is 29.0 Å². The van der Waals surface area contributed by atoms with Crippen molar-refractivity contribution in [3.8, 4) is 0 Å². The average Bonchev–Trinajstić information content (AvgIpc) is 2.59. The van der Waals surface area contributed by atoms with E-state index in [0.717, 1.165) is 0 Å². The molecule has 8 nitrogen and oxygen atoms in total. The number of nitrogens with two attached hydrogens (primary N) is 1. The number of alkyl halides is 1. The molecule has 28 heavy (non-hydrogen) atoms. The fraction of sp³-hybridized carbons (Fsp3) is 0.526. The highest BCUT2D eigenvalue weighted by Gasteiger charge is 2.25. The van der Waals surface area contributed by atoms with Gasteiger partial charge in [0.05, 0.1) is 0 Å². The molecule has 1 aromatic rings. The Balaban J connectivity index is 2.45. The number of ether oxygens (including phenoxy) is 2. The highest BCUT2D eigenvalue weighted by atomic mass is 35.5. The van der Waals surface area contributed by atoms with Gasteiger partial charge in [-0.15, -0.1) is 0 Å². The smallest absolute Gasteiger partial charge is 0.408 e. The van der Waals surface area contributed by atoms with Crippen molar-refractivity contribution in [3.63, 3.8) is 0 Å². The maximum Gasteiger partial charge on any atom is 0.408 e. The summed E-state index contributed by atoms with van der Waals surface area (Å²) >= 11 is 6.04. The van der Waals surface area contributed by atoms with Crippen molar-refractivity contribution in [1.29, 1.82) is 0 Å². The summed E-state index contributed by atoms with van der Waals surface area (Å²) in [5.74, 6) is -1.89. The molecule has 156 valence electrons. The number of halogens is 1. The molecule has 0 aliphatic rings. The van der Waals surface area contributed by atoms with Gasteiger partial charge in [-0.1, -0.05) is 41.9 Å². The molecule has 3 atom stereocenters. The Morgan fingerprint density at radius 2 is 1.79 bits per heavy atom. The summed E-state index contributed by atoms with van der Waals surface area (Å²) in [6.45, 7) is 5.02.